The zero-order valence-electron chi connectivity index (χ0n) is 9.29. The number of carbonyl (C=O) groups is 1. The molecule has 0 atom stereocenters. The van der Waals surface area contributed by atoms with Crippen molar-refractivity contribution in [2.24, 2.45) is 0 Å². The molecule has 18 heavy (non-hydrogen) atoms. The summed E-state index contributed by atoms with van der Waals surface area (Å²) in [6.45, 7) is 0. The van der Waals surface area contributed by atoms with Crippen molar-refractivity contribution in [1.82, 2.24) is 0 Å². The lowest BCUT2D eigenvalue weighted by Crippen LogP contribution is -2.04. The molecule has 2 aromatic carbocycles. The quantitative estimate of drug-likeness (QED) is 0.755. The Labute approximate surface area is 114 Å². The Hall–Kier alpha value is -1.38. The van der Waals surface area contributed by atoms with E-state index in [1.807, 2.05) is 0 Å². The normalized spacial score (nSPS) is 10.4. The molecule has 0 heterocycles. The van der Waals surface area contributed by atoms with Gasteiger partial charge in [0.2, 0.25) is 0 Å². The van der Waals surface area contributed by atoms with Crippen LogP contribution in [0.5, 0.6) is 0 Å². The minimum atomic E-state index is -0.495. The zero-order valence-corrected chi connectivity index (χ0v) is 10.8. The summed E-state index contributed by atoms with van der Waals surface area (Å²) < 4.78 is 13.0. The number of hydrogen-bond acceptors (Lipinski definition) is 1. The Kier molecular flexibility index (Phi) is 4.00. The highest BCUT2D eigenvalue weighted by atomic mass is 35.5. The van der Waals surface area contributed by atoms with Crippen LogP contribution in [0.3, 0.4) is 0 Å². The molecule has 0 bridgehead atoms. The highest BCUT2D eigenvalue weighted by molar-refractivity contribution is 6.34. The lowest BCUT2D eigenvalue weighted by molar-refractivity contribution is 0.0993. The average molecular weight is 283 g/mol. The van der Waals surface area contributed by atoms with Crippen molar-refractivity contribution in [2.45, 2.75) is 6.42 Å². The number of halogens is 3. The van der Waals surface area contributed by atoms with Gasteiger partial charge in [0.05, 0.1) is 10.0 Å². The van der Waals surface area contributed by atoms with Crippen molar-refractivity contribution in [3.05, 3.63) is 69.5 Å². The fraction of sp³-hybridized carbons (Fsp3) is 0.0714. The summed E-state index contributed by atoms with van der Waals surface area (Å²) in [5, 5.41) is 0.426. The predicted octanol–water partition coefficient (Wildman–Crippen LogP) is 4.56. The van der Waals surface area contributed by atoms with E-state index in [4.69, 9.17) is 23.2 Å². The second kappa shape index (κ2) is 5.51. The summed E-state index contributed by atoms with van der Waals surface area (Å²) >= 11 is 11.6. The molecule has 0 aliphatic carbocycles. The fourth-order valence-corrected chi connectivity index (χ4v) is 2.06. The van der Waals surface area contributed by atoms with Crippen molar-refractivity contribution in [1.29, 1.82) is 0 Å². The van der Waals surface area contributed by atoms with Gasteiger partial charge in [0.25, 0.3) is 0 Å². The van der Waals surface area contributed by atoms with E-state index < -0.39 is 5.82 Å². The zero-order chi connectivity index (χ0) is 13.1. The first kappa shape index (κ1) is 13.1. The van der Waals surface area contributed by atoms with E-state index in [0.717, 1.165) is 0 Å². The van der Waals surface area contributed by atoms with Crippen LogP contribution >= 0.6 is 23.2 Å². The minimum absolute atomic E-state index is 0.0134. The molecule has 2 aromatic rings. The molecule has 0 aliphatic rings. The minimum Gasteiger partial charge on any atom is -0.294 e. The second-order valence-corrected chi connectivity index (χ2v) is 4.64. The van der Waals surface area contributed by atoms with E-state index in [9.17, 15) is 9.18 Å². The average Bonchev–Trinajstić information content (AvgIpc) is 2.34. The molecule has 0 spiro atoms. The molecule has 0 fully saturated rings. The first-order valence-corrected chi connectivity index (χ1v) is 6.05. The van der Waals surface area contributed by atoms with Gasteiger partial charge in [-0.05, 0) is 29.8 Å². The first-order valence-electron chi connectivity index (χ1n) is 5.29. The molecule has 1 nitrogen and oxygen atoms in total. The molecular weight excluding hydrogens is 274 g/mol. The Bertz CT molecular complexity index is 596. The monoisotopic (exact) mass is 282 g/mol. The number of ketones is 1. The van der Waals surface area contributed by atoms with E-state index in [1.54, 1.807) is 24.3 Å². The van der Waals surface area contributed by atoms with Gasteiger partial charge >= 0.3 is 0 Å². The molecule has 92 valence electrons. The molecule has 0 N–H and O–H groups in total. The Balaban J connectivity index is 2.22. The number of carbonyl (C=O) groups excluding carboxylic acids is 1. The van der Waals surface area contributed by atoms with Crippen LogP contribution in [-0.2, 0) is 6.42 Å². The van der Waals surface area contributed by atoms with Crippen LogP contribution in [-0.4, -0.2) is 5.78 Å². The summed E-state index contributed by atoms with van der Waals surface area (Å²) in [6.07, 6.45) is 0.143. The second-order valence-electron chi connectivity index (χ2n) is 3.83. The number of rotatable bonds is 3. The van der Waals surface area contributed by atoms with Crippen LogP contribution in [0.2, 0.25) is 10.0 Å². The standard InChI is InChI=1S/C14H9Cl2FO/c15-11-4-2-1-3-10(11)14(18)8-9-5-6-13(17)12(16)7-9/h1-7H,8H2. The molecule has 0 saturated carbocycles. The molecule has 4 heteroatoms. The van der Waals surface area contributed by atoms with Crippen LogP contribution in [0.15, 0.2) is 42.5 Å². The Morgan fingerprint density at radius 1 is 1.06 bits per heavy atom. The smallest absolute Gasteiger partial charge is 0.168 e. The lowest BCUT2D eigenvalue weighted by atomic mass is 10.0. The van der Waals surface area contributed by atoms with Gasteiger partial charge in [-0.15, -0.1) is 0 Å². The maximum atomic E-state index is 13.0. The Morgan fingerprint density at radius 2 is 1.78 bits per heavy atom. The van der Waals surface area contributed by atoms with Crippen molar-refractivity contribution in [3.8, 4) is 0 Å². The highest BCUT2D eigenvalue weighted by Crippen LogP contribution is 2.20. The number of Topliss-reactive ketones (excluding diaryl/α,β-unsaturated/α-hetero) is 1. The Morgan fingerprint density at radius 3 is 2.44 bits per heavy atom. The maximum absolute atomic E-state index is 13.0. The highest BCUT2D eigenvalue weighted by Gasteiger charge is 2.11. The summed E-state index contributed by atoms with van der Waals surface area (Å²) in [6, 6.07) is 11.1. The van der Waals surface area contributed by atoms with E-state index in [1.165, 1.54) is 18.2 Å². The first-order chi connectivity index (χ1) is 8.58. The topological polar surface area (TPSA) is 17.1 Å². The molecule has 0 radical (unpaired) electrons. The van der Waals surface area contributed by atoms with Crippen molar-refractivity contribution in [2.75, 3.05) is 0 Å². The van der Waals surface area contributed by atoms with Gasteiger partial charge in [0.1, 0.15) is 5.82 Å². The maximum Gasteiger partial charge on any atom is 0.168 e. The molecule has 0 amide bonds. The van der Waals surface area contributed by atoms with Crippen LogP contribution in [0, 0.1) is 5.82 Å². The number of hydrogen-bond donors (Lipinski definition) is 0. The van der Waals surface area contributed by atoms with Gasteiger partial charge in [-0.3, -0.25) is 4.79 Å². The third-order valence-electron chi connectivity index (χ3n) is 2.52. The fourth-order valence-electron chi connectivity index (χ4n) is 1.62. The summed E-state index contributed by atoms with van der Waals surface area (Å²) in [5.74, 6) is -0.617. The summed E-state index contributed by atoms with van der Waals surface area (Å²) in [7, 11) is 0. The van der Waals surface area contributed by atoms with Crippen LogP contribution in [0.1, 0.15) is 15.9 Å². The van der Waals surface area contributed by atoms with Gasteiger partial charge < -0.3 is 0 Å². The molecule has 0 unspecified atom stereocenters. The van der Waals surface area contributed by atoms with E-state index in [2.05, 4.69) is 0 Å². The van der Waals surface area contributed by atoms with E-state index >= 15 is 0 Å². The van der Waals surface area contributed by atoms with E-state index in [-0.39, 0.29) is 17.2 Å². The van der Waals surface area contributed by atoms with Gasteiger partial charge in [0, 0.05) is 12.0 Å². The van der Waals surface area contributed by atoms with Crippen molar-refractivity contribution in [3.63, 3.8) is 0 Å². The summed E-state index contributed by atoms with van der Waals surface area (Å²) in [4.78, 5) is 12.0. The van der Waals surface area contributed by atoms with Crippen LogP contribution < -0.4 is 0 Å². The molecular formula is C14H9Cl2FO. The predicted molar refractivity (Wildman–Crippen MR) is 70.9 cm³/mol. The van der Waals surface area contributed by atoms with E-state index in [0.29, 0.717) is 16.1 Å². The third kappa shape index (κ3) is 2.89. The number of benzene rings is 2. The molecule has 0 aromatic heterocycles. The van der Waals surface area contributed by atoms with Crippen molar-refractivity contribution >= 4 is 29.0 Å². The molecule has 0 saturated heterocycles. The van der Waals surface area contributed by atoms with Crippen LogP contribution in [0.25, 0.3) is 0 Å². The van der Waals surface area contributed by atoms with Gasteiger partial charge in [-0.2, -0.15) is 0 Å². The third-order valence-corrected chi connectivity index (χ3v) is 3.14. The largest absolute Gasteiger partial charge is 0.294 e. The van der Waals surface area contributed by atoms with Gasteiger partial charge in [0.15, 0.2) is 5.78 Å². The van der Waals surface area contributed by atoms with Gasteiger partial charge in [-0.1, -0.05) is 41.4 Å². The lowest BCUT2D eigenvalue weighted by Gasteiger charge is -2.04. The SMILES string of the molecule is O=C(Cc1ccc(F)c(Cl)c1)c1ccccc1Cl. The molecule has 0 aliphatic heterocycles. The van der Waals surface area contributed by atoms with Gasteiger partial charge in [-0.25, -0.2) is 4.39 Å². The van der Waals surface area contributed by atoms with Crippen molar-refractivity contribution < 1.29 is 9.18 Å². The molecule has 2 rings (SSSR count). The summed E-state index contributed by atoms with van der Waals surface area (Å²) in [5.41, 5.74) is 1.12. The van der Waals surface area contributed by atoms with Crippen LogP contribution in [0.4, 0.5) is 4.39 Å².